The largest absolute Gasteiger partial charge is 0.492 e. The summed E-state index contributed by atoms with van der Waals surface area (Å²) in [6.07, 6.45) is 3.56. The van der Waals surface area contributed by atoms with Crippen molar-refractivity contribution < 1.29 is 9.53 Å². The molecule has 2 aromatic rings. The maximum absolute atomic E-state index is 11.7. The number of anilines is 1. The van der Waals surface area contributed by atoms with Gasteiger partial charge in [-0.3, -0.25) is 9.79 Å². The lowest BCUT2D eigenvalue weighted by atomic mass is 9.97. The Kier molecular flexibility index (Phi) is 8.09. The van der Waals surface area contributed by atoms with E-state index in [1.54, 1.807) is 13.2 Å². The Hall–Kier alpha value is -3.29. The summed E-state index contributed by atoms with van der Waals surface area (Å²) in [7, 11) is 3.75. The molecule has 1 saturated heterocycles. The first kappa shape index (κ1) is 22.4. The van der Waals surface area contributed by atoms with Crippen LogP contribution in [0.2, 0.25) is 0 Å². The van der Waals surface area contributed by atoms with Crippen molar-refractivity contribution in [2.75, 3.05) is 45.2 Å². The summed E-state index contributed by atoms with van der Waals surface area (Å²) in [6.45, 7) is 3.32. The van der Waals surface area contributed by atoms with Crippen molar-refractivity contribution in [3.05, 3.63) is 54.2 Å². The molecule has 1 aromatic carbocycles. The second-order valence-electron chi connectivity index (χ2n) is 7.66. The van der Waals surface area contributed by atoms with Crippen LogP contribution in [0.25, 0.3) is 0 Å². The van der Waals surface area contributed by atoms with Gasteiger partial charge in [0.2, 0.25) is 5.91 Å². The number of nitrogens with two attached hydrogens (primary N) is 1. The zero-order valence-corrected chi connectivity index (χ0v) is 18.3. The van der Waals surface area contributed by atoms with E-state index in [2.05, 4.69) is 26.3 Å². The van der Waals surface area contributed by atoms with Gasteiger partial charge in [-0.05, 0) is 31.0 Å². The fourth-order valence-corrected chi connectivity index (χ4v) is 3.74. The number of pyridine rings is 1. The number of aliphatic imine (C=N–C) groups is 1. The molecule has 2 heterocycles. The first-order valence-electron chi connectivity index (χ1n) is 10.7. The van der Waals surface area contributed by atoms with Crippen LogP contribution in [0.5, 0.6) is 5.75 Å². The highest BCUT2D eigenvalue weighted by molar-refractivity contribution is 5.80. The number of guanidine groups is 1. The molecule has 8 heteroatoms. The molecule has 3 N–H and O–H groups in total. The molecule has 0 aliphatic carbocycles. The van der Waals surface area contributed by atoms with Crippen LogP contribution in [0, 0.1) is 5.92 Å². The highest BCUT2D eigenvalue weighted by atomic mass is 16.5. The number of ether oxygens (including phenoxy) is 1. The van der Waals surface area contributed by atoms with Crippen LogP contribution in [0.15, 0.2) is 53.7 Å². The van der Waals surface area contributed by atoms with E-state index in [0.717, 1.165) is 42.5 Å². The number of hydrogen-bond acceptors (Lipinski definition) is 5. The van der Waals surface area contributed by atoms with Crippen LogP contribution >= 0.6 is 0 Å². The van der Waals surface area contributed by atoms with Crippen LogP contribution in [0.1, 0.15) is 18.4 Å². The number of nitrogens with one attached hydrogen (secondary N) is 1. The van der Waals surface area contributed by atoms with Crippen molar-refractivity contribution in [1.82, 2.24) is 15.2 Å². The normalized spacial score (nSPS) is 16.6. The Morgan fingerprint density at radius 1 is 1.32 bits per heavy atom. The van der Waals surface area contributed by atoms with Crippen LogP contribution in [-0.4, -0.2) is 62.1 Å². The summed E-state index contributed by atoms with van der Waals surface area (Å²) in [5.74, 6) is 2.17. The summed E-state index contributed by atoms with van der Waals surface area (Å²) in [6, 6.07) is 13.7. The van der Waals surface area contributed by atoms with E-state index < -0.39 is 0 Å². The minimum absolute atomic E-state index is 0.125. The van der Waals surface area contributed by atoms with Crippen molar-refractivity contribution >= 4 is 17.7 Å². The predicted molar refractivity (Wildman–Crippen MR) is 123 cm³/mol. The third kappa shape index (κ3) is 6.34. The monoisotopic (exact) mass is 424 g/mol. The van der Waals surface area contributed by atoms with Crippen LogP contribution in [-0.2, 0) is 11.3 Å². The minimum Gasteiger partial charge on any atom is -0.492 e. The second kappa shape index (κ2) is 11.2. The lowest BCUT2D eigenvalue weighted by Crippen LogP contribution is -2.43. The molecular formula is C23H32N6O2. The molecule has 0 spiro atoms. The molecule has 0 bridgehead atoms. The van der Waals surface area contributed by atoms with Crippen molar-refractivity contribution in [3.8, 4) is 5.75 Å². The summed E-state index contributed by atoms with van der Waals surface area (Å²) < 4.78 is 5.78. The van der Waals surface area contributed by atoms with Crippen LogP contribution in [0.3, 0.4) is 0 Å². The Morgan fingerprint density at radius 2 is 2.13 bits per heavy atom. The molecule has 0 radical (unpaired) electrons. The average Bonchev–Trinajstić information content (AvgIpc) is 2.80. The van der Waals surface area contributed by atoms with E-state index in [4.69, 9.17) is 10.5 Å². The molecule has 1 aromatic heterocycles. The summed E-state index contributed by atoms with van der Waals surface area (Å²) in [5, 5.41) is 3.41. The van der Waals surface area contributed by atoms with Gasteiger partial charge < -0.3 is 25.6 Å². The van der Waals surface area contributed by atoms with Gasteiger partial charge in [-0.1, -0.05) is 24.3 Å². The smallest absolute Gasteiger partial charge is 0.222 e. The Morgan fingerprint density at radius 3 is 2.87 bits per heavy atom. The third-order valence-electron chi connectivity index (χ3n) is 5.44. The van der Waals surface area contributed by atoms with Crippen molar-refractivity contribution in [2.24, 2.45) is 16.6 Å². The lowest BCUT2D eigenvalue weighted by molar-refractivity contribution is -0.122. The number of aromatic nitrogens is 1. The number of rotatable bonds is 8. The van der Waals surface area contributed by atoms with E-state index in [9.17, 15) is 4.79 Å². The van der Waals surface area contributed by atoms with Crippen molar-refractivity contribution in [2.45, 2.75) is 19.4 Å². The first-order valence-corrected chi connectivity index (χ1v) is 10.7. The molecule has 31 heavy (non-hydrogen) atoms. The van der Waals surface area contributed by atoms with Crippen molar-refractivity contribution in [3.63, 3.8) is 0 Å². The van der Waals surface area contributed by atoms with Gasteiger partial charge in [-0.25, -0.2) is 4.98 Å². The van der Waals surface area contributed by atoms with Crippen LogP contribution in [0.4, 0.5) is 5.82 Å². The van der Waals surface area contributed by atoms with Gasteiger partial charge >= 0.3 is 0 Å². The average molecular weight is 425 g/mol. The molecule has 1 atom stereocenters. The molecule has 0 saturated carbocycles. The number of carbonyl (C=O) groups excluding carboxylic acids is 1. The van der Waals surface area contributed by atoms with Gasteiger partial charge in [0.25, 0.3) is 0 Å². The number of piperidine rings is 1. The number of benzene rings is 1. The van der Waals surface area contributed by atoms with Gasteiger partial charge in [0.15, 0.2) is 5.96 Å². The molecule has 1 aliphatic heterocycles. The van der Waals surface area contributed by atoms with E-state index >= 15 is 0 Å². The van der Waals surface area contributed by atoms with E-state index in [-0.39, 0.29) is 11.8 Å². The van der Waals surface area contributed by atoms with Gasteiger partial charge in [-0.2, -0.15) is 0 Å². The highest BCUT2D eigenvalue weighted by Crippen LogP contribution is 2.24. The van der Waals surface area contributed by atoms with Gasteiger partial charge in [0.05, 0.1) is 12.5 Å². The topological polar surface area (TPSA) is 96.1 Å². The predicted octanol–water partition coefficient (Wildman–Crippen LogP) is 1.87. The zero-order valence-electron chi connectivity index (χ0n) is 18.3. The Balaban J connectivity index is 1.56. The molecule has 8 nitrogen and oxygen atoms in total. The maximum Gasteiger partial charge on any atom is 0.222 e. The van der Waals surface area contributed by atoms with Gasteiger partial charge in [0.1, 0.15) is 18.2 Å². The molecule has 1 unspecified atom stereocenters. The Labute approximate surface area is 184 Å². The standard InChI is InChI=1S/C23H32N6O2/c1-25-23(28(2)14-15-31-20-10-4-3-5-11-20)27-16-18-8-6-12-26-22(18)29-13-7-9-19(17-29)21(24)30/h3-6,8,10-12,19H,7,9,13-17H2,1-2H3,(H2,24,30)(H,25,27). The number of primary amides is 1. The molecule has 1 aliphatic rings. The SMILES string of the molecule is CN=C(NCc1cccnc1N1CCCC(C(N)=O)C1)N(C)CCOc1ccccc1. The summed E-state index contributed by atoms with van der Waals surface area (Å²) in [5.41, 5.74) is 6.60. The van der Waals surface area contributed by atoms with E-state index in [1.807, 2.05) is 48.3 Å². The number of hydrogen-bond donors (Lipinski definition) is 2. The van der Waals surface area contributed by atoms with E-state index in [0.29, 0.717) is 26.2 Å². The fourth-order valence-electron chi connectivity index (χ4n) is 3.74. The highest BCUT2D eigenvalue weighted by Gasteiger charge is 2.26. The molecule has 1 amide bonds. The quantitative estimate of drug-likeness (QED) is 0.496. The minimum atomic E-state index is -0.236. The lowest BCUT2D eigenvalue weighted by Gasteiger charge is -2.33. The number of nitrogens with zero attached hydrogens (tertiary/aromatic N) is 4. The fraction of sp³-hybridized carbons (Fsp3) is 0.435. The van der Waals surface area contributed by atoms with Gasteiger partial charge in [0, 0.05) is 45.5 Å². The maximum atomic E-state index is 11.7. The number of likely N-dealkylation sites (N-methyl/N-ethyl adjacent to an activating group) is 1. The van der Waals surface area contributed by atoms with Crippen LogP contribution < -0.4 is 20.7 Å². The number of amides is 1. The Bertz CT molecular complexity index is 873. The zero-order chi connectivity index (χ0) is 22.1. The summed E-state index contributed by atoms with van der Waals surface area (Å²) in [4.78, 5) is 24.8. The summed E-state index contributed by atoms with van der Waals surface area (Å²) >= 11 is 0. The molecule has 1 fully saturated rings. The number of para-hydroxylation sites is 1. The molecule has 166 valence electrons. The molecule has 3 rings (SSSR count). The van der Waals surface area contributed by atoms with E-state index in [1.165, 1.54) is 0 Å². The third-order valence-corrected chi connectivity index (χ3v) is 5.44. The first-order chi connectivity index (χ1) is 15.1. The molecular weight excluding hydrogens is 392 g/mol. The van der Waals surface area contributed by atoms with Gasteiger partial charge in [-0.15, -0.1) is 0 Å². The van der Waals surface area contributed by atoms with Crippen molar-refractivity contribution in [1.29, 1.82) is 0 Å². The second-order valence-corrected chi connectivity index (χ2v) is 7.66. The number of carbonyl (C=O) groups is 1.